The third-order valence-corrected chi connectivity index (χ3v) is 3.68. The van der Waals surface area contributed by atoms with Crippen LogP contribution in [0.2, 0.25) is 0 Å². The summed E-state index contributed by atoms with van der Waals surface area (Å²) in [4.78, 5) is 9.93. The van der Waals surface area contributed by atoms with Crippen LogP contribution in [0.4, 0.5) is 18.9 Å². The lowest BCUT2D eigenvalue weighted by Crippen LogP contribution is -2.43. The maximum atomic E-state index is 13.5. The van der Waals surface area contributed by atoms with Gasteiger partial charge in [-0.15, -0.1) is 0 Å². The second-order valence-corrected chi connectivity index (χ2v) is 5.44. The molecule has 1 N–H and O–H groups in total. The smallest absolute Gasteiger partial charge is 0.372 e. The SMILES string of the molecule is O=[N+]([O-])c1cccc(C(O)(c2ccc(Br)cc2)C(F)(F)F)c1. The van der Waals surface area contributed by atoms with E-state index < -0.39 is 33.5 Å². The Bertz CT molecular complexity index is 703. The molecule has 0 amide bonds. The first-order chi connectivity index (χ1) is 10.2. The highest BCUT2D eigenvalue weighted by Gasteiger charge is 2.56. The van der Waals surface area contributed by atoms with Crippen molar-refractivity contribution < 1.29 is 23.2 Å². The maximum absolute atomic E-state index is 13.5. The Morgan fingerprint density at radius 1 is 1.05 bits per heavy atom. The largest absolute Gasteiger partial charge is 0.425 e. The van der Waals surface area contributed by atoms with E-state index in [1.807, 2.05) is 0 Å². The minimum absolute atomic E-state index is 0.427. The fourth-order valence-electron chi connectivity index (χ4n) is 2.03. The summed E-state index contributed by atoms with van der Waals surface area (Å²) in [6.45, 7) is 0. The Labute approximate surface area is 131 Å². The predicted molar refractivity (Wildman–Crippen MR) is 76.3 cm³/mol. The second-order valence-electron chi connectivity index (χ2n) is 4.52. The van der Waals surface area contributed by atoms with Gasteiger partial charge in [0.2, 0.25) is 5.60 Å². The van der Waals surface area contributed by atoms with Crippen LogP contribution in [-0.2, 0) is 5.60 Å². The van der Waals surface area contributed by atoms with Gasteiger partial charge < -0.3 is 5.11 Å². The lowest BCUT2D eigenvalue weighted by molar-refractivity contribution is -0.385. The molecule has 2 aromatic rings. The van der Waals surface area contributed by atoms with E-state index in [1.165, 1.54) is 12.1 Å². The average molecular weight is 376 g/mol. The van der Waals surface area contributed by atoms with Gasteiger partial charge in [0.15, 0.2) is 0 Å². The van der Waals surface area contributed by atoms with Crippen LogP contribution in [0.5, 0.6) is 0 Å². The van der Waals surface area contributed by atoms with Gasteiger partial charge in [-0.3, -0.25) is 10.1 Å². The molecular weight excluding hydrogens is 367 g/mol. The van der Waals surface area contributed by atoms with Gasteiger partial charge in [-0.1, -0.05) is 40.2 Å². The molecule has 2 rings (SSSR count). The number of hydrogen-bond donors (Lipinski definition) is 1. The minimum atomic E-state index is -5.05. The van der Waals surface area contributed by atoms with Crippen molar-refractivity contribution in [3.63, 3.8) is 0 Å². The quantitative estimate of drug-likeness (QED) is 0.647. The summed E-state index contributed by atoms with van der Waals surface area (Å²) in [5.74, 6) is 0. The average Bonchev–Trinajstić information content (AvgIpc) is 2.46. The number of nitrogens with zero attached hydrogens (tertiary/aromatic N) is 1. The first-order valence-corrected chi connectivity index (χ1v) is 6.75. The third kappa shape index (κ3) is 2.84. The molecular formula is C14H9BrF3NO3. The number of rotatable bonds is 3. The molecule has 0 radical (unpaired) electrons. The van der Waals surface area contributed by atoms with E-state index in [2.05, 4.69) is 15.9 Å². The summed E-state index contributed by atoms with van der Waals surface area (Å²) < 4.78 is 41.0. The molecule has 0 aliphatic carbocycles. The van der Waals surface area contributed by atoms with Crippen LogP contribution in [0.1, 0.15) is 11.1 Å². The Morgan fingerprint density at radius 2 is 1.64 bits per heavy atom. The Kier molecular flexibility index (Phi) is 4.25. The molecule has 0 saturated heterocycles. The zero-order valence-corrected chi connectivity index (χ0v) is 12.4. The van der Waals surface area contributed by atoms with Crippen LogP contribution in [0.3, 0.4) is 0 Å². The predicted octanol–water partition coefficient (Wildman–Crippen LogP) is 4.16. The summed E-state index contributed by atoms with van der Waals surface area (Å²) in [5.41, 5.74) is -4.91. The molecule has 1 unspecified atom stereocenters. The molecule has 116 valence electrons. The first kappa shape index (κ1) is 16.4. The van der Waals surface area contributed by atoms with Crippen LogP contribution in [0, 0.1) is 10.1 Å². The minimum Gasteiger partial charge on any atom is -0.372 e. The molecule has 0 aliphatic rings. The number of aliphatic hydroxyl groups is 1. The van der Waals surface area contributed by atoms with Crippen LogP contribution < -0.4 is 0 Å². The van der Waals surface area contributed by atoms with Gasteiger partial charge in [0.25, 0.3) is 5.69 Å². The van der Waals surface area contributed by atoms with Gasteiger partial charge in [0, 0.05) is 22.2 Å². The molecule has 0 bridgehead atoms. The van der Waals surface area contributed by atoms with E-state index in [0.29, 0.717) is 4.47 Å². The summed E-state index contributed by atoms with van der Waals surface area (Å²) in [6, 6.07) is 8.79. The molecule has 0 heterocycles. The van der Waals surface area contributed by atoms with Crippen molar-refractivity contribution in [1.82, 2.24) is 0 Å². The highest BCUT2D eigenvalue weighted by Crippen LogP contribution is 2.45. The van der Waals surface area contributed by atoms with Crippen LogP contribution in [-0.4, -0.2) is 16.2 Å². The zero-order chi connectivity index (χ0) is 16.5. The molecule has 1 atom stereocenters. The number of non-ortho nitro benzene ring substituents is 1. The molecule has 0 aromatic heterocycles. The third-order valence-electron chi connectivity index (χ3n) is 3.15. The number of alkyl halides is 3. The summed E-state index contributed by atoms with van der Waals surface area (Å²) in [6.07, 6.45) is -5.05. The van der Waals surface area contributed by atoms with Crippen molar-refractivity contribution in [3.8, 4) is 0 Å². The normalized spacial score (nSPS) is 14.4. The van der Waals surface area contributed by atoms with E-state index in [4.69, 9.17) is 0 Å². The highest BCUT2D eigenvalue weighted by molar-refractivity contribution is 9.10. The first-order valence-electron chi connectivity index (χ1n) is 5.96. The lowest BCUT2D eigenvalue weighted by Gasteiger charge is -2.31. The van der Waals surface area contributed by atoms with Gasteiger partial charge in [0.05, 0.1) is 4.92 Å². The number of halogens is 4. The fraction of sp³-hybridized carbons (Fsp3) is 0.143. The molecule has 2 aromatic carbocycles. The lowest BCUT2D eigenvalue weighted by atomic mass is 9.85. The van der Waals surface area contributed by atoms with Crippen molar-refractivity contribution in [2.45, 2.75) is 11.8 Å². The number of nitro groups is 1. The molecule has 8 heteroatoms. The standard InChI is InChI=1S/C14H9BrF3NO3/c15-11-6-4-9(5-7-11)13(20,14(16,17)18)10-2-1-3-12(8-10)19(21)22/h1-8,20H. The number of benzene rings is 2. The van der Waals surface area contributed by atoms with Gasteiger partial charge >= 0.3 is 6.18 Å². The molecule has 4 nitrogen and oxygen atoms in total. The summed E-state index contributed by atoms with van der Waals surface area (Å²) >= 11 is 3.10. The topological polar surface area (TPSA) is 63.4 Å². The Morgan fingerprint density at radius 3 is 2.14 bits per heavy atom. The van der Waals surface area contributed by atoms with E-state index in [0.717, 1.165) is 36.4 Å². The highest BCUT2D eigenvalue weighted by atomic mass is 79.9. The van der Waals surface area contributed by atoms with Crippen molar-refractivity contribution in [2.75, 3.05) is 0 Å². The molecule has 0 spiro atoms. The van der Waals surface area contributed by atoms with E-state index >= 15 is 0 Å². The number of nitro benzene ring substituents is 1. The zero-order valence-electron chi connectivity index (χ0n) is 10.8. The van der Waals surface area contributed by atoms with Gasteiger partial charge in [-0.2, -0.15) is 13.2 Å². The van der Waals surface area contributed by atoms with E-state index in [1.54, 1.807) is 0 Å². The second kappa shape index (κ2) is 5.69. The monoisotopic (exact) mass is 375 g/mol. The van der Waals surface area contributed by atoms with Crippen LogP contribution >= 0.6 is 15.9 Å². The van der Waals surface area contributed by atoms with Crippen LogP contribution in [0.25, 0.3) is 0 Å². The van der Waals surface area contributed by atoms with E-state index in [-0.39, 0.29) is 0 Å². The molecule has 0 aliphatic heterocycles. The molecule has 0 saturated carbocycles. The van der Waals surface area contributed by atoms with Crippen molar-refractivity contribution in [2.24, 2.45) is 0 Å². The van der Waals surface area contributed by atoms with Gasteiger partial charge in [-0.05, 0) is 17.7 Å². The van der Waals surface area contributed by atoms with Crippen molar-refractivity contribution >= 4 is 21.6 Å². The molecule has 0 fully saturated rings. The van der Waals surface area contributed by atoms with Gasteiger partial charge in [0.1, 0.15) is 0 Å². The van der Waals surface area contributed by atoms with Crippen molar-refractivity contribution in [3.05, 3.63) is 74.2 Å². The Hall–Kier alpha value is -1.93. The fourth-order valence-corrected chi connectivity index (χ4v) is 2.29. The summed E-state index contributed by atoms with van der Waals surface area (Å²) in [7, 11) is 0. The van der Waals surface area contributed by atoms with E-state index in [9.17, 15) is 28.4 Å². The van der Waals surface area contributed by atoms with Crippen LogP contribution in [0.15, 0.2) is 53.0 Å². The molecule has 22 heavy (non-hydrogen) atoms. The maximum Gasteiger partial charge on any atom is 0.425 e. The number of hydrogen-bond acceptors (Lipinski definition) is 3. The van der Waals surface area contributed by atoms with Crippen molar-refractivity contribution in [1.29, 1.82) is 0 Å². The Balaban J connectivity index is 2.67. The summed E-state index contributed by atoms with van der Waals surface area (Å²) in [5, 5.41) is 21.1. The van der Waals surface area contributed by atoms with Gasteiger partial charge in [-0.25, -0.2) is 0 Å².